The van der Waals surface area contributed by atoms with Crippen LogP contribution < -0.4 is 0 Å². The fraction of sp³-hybridized carbons (Fsp3) is 0.154. The van der Waals surface area contributed by atoms with Crippen LogP contribution in [-0.4, -0.2) is 17.9 Å². The van der Waals surface area contributed by atoms with E-state index in [2.05, 4.69) is 15.9 Å². The lowest BCUT2D eigenvalue weighted by Crippen LogP contribution is -2.26. The minimum atomic E-state index is -0.131. The minimum Gasteiger partial charge on any atom is -0.337 e. The van der Waals surface area contributed by atoms with E-state index in [0.717, 1.165) is 10.0 Å². The fourth-order valence-electron chi connectivity index (χ4n) is 1.67. The topological polar surface area (TPSA) is 20.3 Å². The maximum Gasteiger partial charge on any atom is 0.256 e. The molecule has 2 nitrogen and oxygen atoms in total. The van der Waals surface area contributed by atoms with E-state index in [1.54, 1.807) is 18.0 Å². The van der Waals surface area contributed by atoms with E-state index < -0.39 is 0 Å². The molecule has 0 radical (unpaired) electrons. The van der Waals surface area contributed by atoms with Crippen molar-refractivity contribution in [1.82, 2.24) is 4.90 Å². The minimum absolute atomic E-state index is 0.131. The summed E-state index contributed by atoms with van der Waals surface area (Å²) in [5.41, 5.74) is 1.50. The van der Waals surface area contributed by atoms with Crippen molar-refractivity contribution in [3.8, 4) is 0 Å². The third-order valence-corrected chi connectivity index (χ3v) is 4.52. The monoisotopic (exact) mass is 377 g/mol. The summed E-state index contributed by atoms with van der Waals surface area (Å²) in [6, 6.07) is 9.43. The molecule has 2 aromatic rings. The Morgan fingerprint density at radius 3 is 2.68 bits per heavy atom. The van der Waals surface area contributed by atoms with Gasteiger partial charge in [0.25, 0.3) is 5.91 Å². The molecule has 0 N–H and O–H groups in total. The van der Waals surface area contributed by atoms with Gasteiger partial charge in [-0.15, -0.1) is 11.3 Å². The summed E-state index contributed by atoms with van der Waals surface area (Å²) < 4.78 is 1.93. The number of halogens is 3. The number of carbonyl (C=O) groups is 1. The van der Waals surface area contributed by atoms with Crippen molar-refractivity contribution in [2.45, 2.75) is 6.54 Å². The molecular weight excluding hydrogens is 369 g/mol. The third kappa shape index (κ3) is 3.72. The number of benzene rings is 1. The predicted octanol–water partition coefficient (Wildman–Crippen LogP) is 5.09. The lowest BCUT2D eigenvalue weighted by Gasteiger charge is -2.17. The van der Waals surface area contributed by atoms with Crippen LogP contribution in [0.2, 0.25) is 8.67 Å². The molecule has 6 heteroatoms. The molecule has 19 heavy (non-hydrogen) atoms. The van der Waals surface area contributed by atoms with E-state index >= 15 is 0 Å². The lowest BCUT2D eigenvalue weighted by molar-refractivity contribution is 0.0786. The zero-order valence-electron chi connectivity index (χ0n) is 9.99. The summed E-state index contributed by atoms with van der Waals surface area (Å²) in [7, 11) is 1.74. The van der Waals surface area contributed by atoms with Gasteiger partial charge >= 0.3 is 0 Å². The van der Waals surface area contributed by atoms with Gasteiger partial charge in [-0.1, -0.05) is 51.3 Å². The van der Waals surface area contributed by atoms with Gasteiger partial charge in [-0.2, -0.15) is 0 Å². The molecule has 2 rings (SSSR count). The maximum absolute atomic E-state index is 12.2. The molecule has 0 aliphatic rings. The van der Waals surface area contributed by atoms with Crippen LogP contribution in [0.4, 0.5) is 0 Å². The van der Waals surface area contributed by atoms with Crippen molar-refractivity contribution >= 4 is 56.4 Å². The van der Waals surface area contributed by atoms with Gasteiger partial charge in [-0.3, -0.25) is 4.79 Å². The summed E-state index contributed by atoms with van der Waals surface area (Å²) in [4.78, 5) is 13.9. The Morgan fingerprint density at radius 2 is 2.11 bits per heavy atom. The molecule has 100 valence electrons. The number of nitrogens with zero attached hydrogens (tertiary/aromatic N) is 1. The van der Waals surface area contributed by atoms with Gasteiger partial charge < -0.3 is 4.90 Å². The van der Waals surface area contributed by atoms with E-state index in [1.807, 2.05) is 24.3 Å². The maximum atomic E-state index is 12.2. The lowest BCUT2D eigenvalue weighted by atomic mass is 10.2. The van der Waals surface area contributed by atoms with Crippen LogP contribution in [-0.2, 0) is 6.54 Å². The van der Waals surface area contributed by atoms with Crippen molar-refractivity contribution in [1.29, 1.82) is 0 Å². The van der Waals surface area contributed by atoms with Crippen molar-refractivity contribution in [2.75, 3.05) is 7.05 Å². The van der Waals surface area contributed by atoms with Crippen LogP contribution in [0.15, 0.2) is 34.8 Å². The van der Waals surface area contributed by atoms with E-state index in [9.17, 15) is 4.79 Å². The smallest absolute Gasteiger partial charge is 0.256 e. The summed E-state index contributed by atoms with van der Waals surface area (Å²) in [5, 5.41) is 0. The number of rotatable bonds is 3. The first kappa shape index (κ1) is 14.9. The zero-order chi connectivity index (χ0) is 14.0. The average molecular weight is 379 g/mol. The molecule has 0 aliphatic carbocycles. The van der Waals surface area contributed by atoms with Gasteiger partial charge in [-0.05, 0) is 23.8 Å². The quantitative estimate of drug-likeness (QED) is 0.728. The molecule has 0 unspecified atom stereocenters. The second-order valence-electron chi connectivity index (χ2n) is 4.03. The van der Waals surface area contributed by atoms with Gasteiger partial charge in [0, 0.05) is 18.1 Å². The SMILES string of the molecule is CN(Cc1cccc(Br)c1)C(=O)c1cc(Cl)sc1Cl. The Kier molecular flexibility index (Phi) is 4.90. The van der Waals surface area contributed by atoms with Crippen LogP contribution in [0, 0.1) is 0 Å². The summed E-state index contributed by atoms with van der Waals surface area (Å²) in [6.45, 7) is 0.516. The average Bonchev–Trinajstić information content (AvgIpc) is 2.67. The first-order valence-corrected chi connectivity index (χ1v) is 7.78. The van der Waals surface area contributed by atoms with Gasteiger partial charge in [0.05, 0.1) is 9.90 Å². The number of carbonyl (C=O) groups excluding carboxylic acids is 1. The largest absolute Gasteiger partial charge is 0.337 e. The van der Waals surface area contributed by atoms with Crippen molar-refractivity contribution in [3.05, 3.63) is 54.6 Å². The van der Waals surface area contributed by atoms with Crippen LogP contribution in [0.5, 0.6) is 0 Å². The van der Waals surface area contributed by atoms with E-state index in [1.165, 1.54) is 11.3 Å². The Labute approximate surface area is 134 Å². The normalized spacial score (nSPS) is 10.5. The highest BCUT2D eigenvalue weighted by atomic mass is 79.9. The van der Waals surface area contributed by atoms with Crippen molar-refractivity contribution in [2.24, 2.45) is 0 Å². The second-order valence-corrected chi connectivity index (χ2v) is 7.23. The highest BCUT2D eigenvalue weighted by Crippen LogP contribution is 2.32. The molecule has 0 saturated carbocycles. The molecule has 0 atom stereocenters. The van der Waals surface area contributed by atoms with Gasteiger partial charge in [0.2, 0.25) is 0 Å². The number of hydrogen-bond donors (Lipinski definition) is 0. The Hall–Kier alpha value is -0.550. The van der Waals surface area contributed by atoms with E-state index in [0.29, 0.717) is 20.8 Å². The van der Waals surface area contributed by atoms with Crippen LogP contribution in [0.1, 0.15) is 15.9 Å². The van der Waals surface area contributed by atoms with E-state index in [4.69, 9.17) is 23.2 Å². The predicted molar refractivity (Wildman–Crippen MR) is 84.3 cm³/mol. The van der Waals surface area contributed by atoms with Crippen LogP contribution in [0.3, 0.4) is 0 Å². The summed E-state index contributed by atoms with van der Waals surface area (Å²) in [6.07, 6.45) is 0. The third-order valence-electron chi connectivity index (χ3n) is 2.54. The summed E-state index contributed by atoms with van der Waals surface area (Å²) >= 11 is 16.5. The molecule has 0 fully saturated rings. The Bertz CT molecular complexity index is 614. The first-order chi connectivity index (χ1) is 8.97. The second kappa shape index (κ2) is 6.27. The molecule has 1 amide bonds. The standard InChI is InChI=1S/C13H10BrCl2NOS/c1-17(7-8-3-2-4-9(14)5-8)13(18)10-6-11(15)19-12(10)16/h2-6H,7H2,1H3. The molecule has 0 aliphatic heterocycles. The molecular formula is C13H10BrCl2NOS. The van der Waals surface area contributed by atoms with Gasteiger partial charge in [0.15, 0.2) is 0 Å². The van der Waals surface area contributed by atoms with Gasteiger partial charge in [-0.25, -0.2) is 0 Å². The van der Waals surface area contributed by atoms with Crippen molar-refractivity contribution in [3.63, 3.8) is 0 Å². The molecule has 0 saturated heterocycles. The van der Waals surface area contributed by atoms with Crippen molar-refractivity contribution < 1.29 is 4.79 Å². The Morgan fingerprint density at radius 1 is 1.37 bits per heavy atom. The highest BCUT2D eigenvalue weighted by Gasteiger charge is 2.18. The molecule has 1 aromatic heterocycles. The number of hydrogen-bond acceptors (Lipinski definition) is 2. The highest BCUT2D eigenvalue weighted by molar-refractivity contribution is 9.10. The van der Waals surface area contributed by atoms with Gasteiger partial charge in [0.1, 0.15) is 4.34 Å². The van der Waals surface area contributed by atoms with E-state index in [-0.39, 0.29) is 5.91 Å². The molecule has 1 heterocycles. The number of thiophene rings is 1. The van der Waals surface area contributed by atoms with Crippen LogP contribution >= 0.6 is 50.5 Å². The first-order valence-electron chi connectivity index (χ1n) is 5.42. The molecule has 0 spiro atoms. The fourth-order valence-corrected chi connectivity index (χ4v) is 3.57. The number of amides is 1. The zero-order valence-corrected chi connectivity index (χ0v) is 13.9. The summed E-state index contributed by atoms with van der Waals surface area (Å²) in [5.74, 6) is -0.131. The van der Waals surface area contributed by atoms with Crippen LogP contribution in [0.25, 0.3) is 0 Å². The molecule has 1 aromatic carbocycles. The Balaban J connectivity index is 2.14. The molecule has 0 bridgehead atoms.